The number of carboxylic acid groups (broad SMARTS) is 1. The molecule has 1 amide bonds. The highest BCUT2D eigenvalue weighted by Crippen LogP contribution is 2.33. The molecule has 0 radical (unpaired) electrons. The molecule has 0 spiro atoms. The first kappa shape index (κ1) is 12.9. The van der Waals surface area contributed by atoms with Gasteiger partial charge in [0.25, 0.3) is 5.91 Å². The van der Waals surface area contributed by atoms with Crippen LogP contribution in [0.5, 0.6) is 0 Å². The van der Waals surface area contributed by atoms with Gasteiger partial charge in [-0.3, -0.25) is 4.79 Å². The maximum atomic E-state index is 12.2. The Kier molecular flexibility index (Phi) is 3.90. The zero-order chi connectivity index (χ0) is 13.1. The van der Waals surface area contributed by atoms with Crippen molar-refractivity contribution in [3.63, 3.8) is 0 Å². The van der Waals surface area contributed by atoms with E-state index in [1.165, 1.54) is 29.0 Å². The maximum absolute atomic E-state index is 12.2. The van der Waals surface area contributed by atoms with Crippen molar-refractivity contribution in [2.24, 2.45) is 0 Å². The molecule has 1 aliphatic rings. The minimum absolute atomic E-state index is 0.0969. The van der Waals surface area contributed by atoms with Gasteiger partial charge in [0.15, 0.2) is 5.69 Å². The molecule has 6 nitrogen and oxygen atoms in total. The van der Waals surface area contributed by atoms with Gasteiger partial charge in [0.05, 0.1) is 5.37 Å². The van der Waals surface area contributed by atoms with E-state index in [1.54, 1.807) is 0 Å². The van der Waals surface area contributed by atoms with Crippen LogP contribution < -0.4 is 0 Å². The number of carbonyl (C=O) groups excluding carboxylic acids is 1. The zero-order valence-electron chi connectivity index (χ0n) is 9.91. The van der Waals surface area contributed by atoms with Crippen LogP contribution in [0, 0.1) is 0 Å². The molecule has 18 heavy (non-hydrogen) atoms. The lowest BCUT2D eigenvalue weighted by Gasteiger charge is -2.26. The highest BCUT2D eigenvalue weighted by molar-refractivity contribution is 8.00. The first-order valence-corrected chi connectivity index (χ1v) is 6.77. The van der Waals surface area contributed by atoms with Crippen molar-refractivity contribution in [3.8, 4) is 0 Å². The number of aromatic nitrogens is 1. The summed E-state index contributed by atoms with van der Waals surface area (Å²) >= 11 is 1.50. The first-order chi connectivity index (χ1) is 8.65. The number of nitrogens with zero attached hydrogens (tertiary/aromatic N) is 2. The molecule has 1 aliphatic heterocycles. The van der Waals surface area contributed by atoms with Gasteiger partial charge < -0.3 is 14.5 Å². The number of amides is 1. The summed E-state index contributed by atoms with van der Waals surface area (Å²) in [6, 6.07) is 0.670. The summed E-state index contributed by atoms with van der Waals surface area (Å²) in [6.45, 7) is 2.01. The standard InChI is InChI=1S/C11H14N2O4S/c1-2-3-9-13(8(6-18-9)11(15)16)10(14)7-4-5-17-12-7/h4-5,8-9H,2-3,6H2,1H3,(H,15,16). The lowest BCUT2D eigenvalue weighted by molar-refractivity contribution is -0.141. The van der Waals surface area contributed by atoms with E-state index >= 15 is 0 Å². The molecule has 2 heterocycles. The van der Waals surface area contributed by atoms with Gasteiger partial charge in [-0.05, 0) is 6.42 Å². The number of carboxylic acids is 1. The summed E-state index contributed by atoms with van der Waals surface area (Å²) in [5.41, 5.74) is 0.157. The van der Waals surface area contributed by atoms with E-state index in [0.717, 1.165) is 12.8 Å². The zero-order valence-corrected chi connectivity index (χ0v) is 10.7. The van der Waals surface area contributed by atoms with E-state index in [2.05, 4.69) is 9.68 Å². The van der Waals surface area contributed by atoms with Crippen LogP contribution >= 0.6 is 11.8 Å². The van der Waals surface area contributed by atoms with Crippen LogP contribution in [-0.2, 0) is 4.79 Å². The lowest BCUT2D eigenvalue weighted by Crippen LogP contribution is -2.45. The largest absolute Gasteiger partial charge is 0.480 e. The summed E-state index contributed by atoms with van der Waals surface area (Å²) in [5, 5.41) is 12.6. The minimum atomic E-state index is -0.974. The monoisotopic (exact) mass is 270 g/mol. The van der Waals surface area contributed by atoms with Crippen LogP contribution in [0.4, 0.5) is 0 Å². The number of aliphatic carboxylic acids is 1. The Bertz CT molecular complexity index is 434. The van der Waals surface area contributed by atoms with Crippen LogP contribution in [0.3, 0.4) is 0 Å². The third-order valence-electron chi connectivity index (χ3n) is 2.80. The van der Waals surface area contributed by atoms with Crippen molar-refractivity contribution in [2.75, 3.05) is 5.75 Å². The number of hydrogen-bond donors (Lipinski definition) is 1. The van der Waals surface area contributed by atoms with E-state index in [9.17, 15) is 9.59 Å². The van der Waals surface area contributed by atoms with Crippen LogP contribution in [0.15, 0.2) is 16.9 Å². The van der Waals surface area contributed by atoms with Crippen molar-refractivity contribution in [3.05, 3.63) is 18.0 Å². The molecule has 0 aliphatic carbocycles. The molecular formula is C11H14N2O4S. The highest BCUT2D eigenvalue weighted by Gasteiger charge is 2.42. The topological polar surface area (TPSA) is 83.6 Å². The molecule has 1 N–H and O–H groups in total. The molecule has 2 atom stereocenters. The second kappa shape index (κ2) is 5.43. The quantitative estimate of drug-likeness (QED) is 0.891. The molecule has 0 bridgehead atoms. The Morgan fingerprint density at radius 1 is 1.67 bits per heavy atom. The number of thioether (sulfide) groups is 1. The van der Waals surface area contributed by atoms with Crippen molar-refractivity contribution in [1.29, 1.82) is 0 Å². The number of rotatable bonds is 4. The fraction of sp³-hybridized carbons (Fsp3) is 0.545. The molecule has 98 valence electrons. The molecule has 1 aromatic heterocycles. The van der Waals surface area contributed by atoms with Crippen LogP contribution in [0.2, 0.25) is 0 Å². The second-order valence-electron chi connectivity index (χ2n) is 4.03. The first-order valence-electron chi connectivity index (χ1n) is 5.72. The van der Waals surface area contributed by atoms with E-state index < -0.39 is 12.0 Å². The van der Waals surface area contributed by atoms with Crippen LogP contribution in [-0.4, -0.2) is 44.2 Å². The third kappa shape index (κ3) is 2.35. The van der Waals surface area contributed by atoms with Gasteiger partial charge in [0.2, 0.25) is 0 Å². The van der Waals surface area contributed by atoms with Crippen molar-refractivity contribution < 1.29 is 19.2 Å². The fourth-order valence-corrected chi connectivity index (χ4v) is 3.46. The van der Waals surface area contributed by atoms with Crippen molar-refractivity contribution in [2.45, 2.75) is 31.2 Å². The van der Waals surface area contributed by atoms with E-state index in [1.807, 2.05) is 6.92 Å². The predicted octanol–water partition coefficient (Wildman–Crippen LogP) is 1.44. The van der Waals surface area contributed by atoms with Gasteiger partial charge in [-0.15, -0.1) is 11.8 Å². The van der Waals surface area contributed by atoms with Gasteiger partial charge >= 0.3 is 5.97 Å². The van der Waals surface area contributed by atoms with Crippen molar-refractivity contribution in [1.82, 2.24) is 10.1 Å². The Labute approximate surface area is 108 Å². The molecule has 0 saturated carbocycles. The molecule has 7 heteroatoms. The molecule has 1 fully saturated rings. The minimum Gasteiger partial charge on any atom is -0.480 e. The predicted molar refractivity (Wildman–Crippen MR) is 65.3 cm³/mol. The smallest absolute Gasteiger partial charge is 0.327 e. The van der Waals surface area contributed by atoms with Gasteiger partial charge in [-0.25, -0.2) is 4.79 Å². The SMILES string of the molecule is CCCC1SCC(C(=O)O)N1C(=O)c1ccon1. The highest BCUT2D eigenvalue weighted by atomic mass is 32.2. The molecule has 0 aromatic carbocycles. The van der Waals surface area contributed by atoms with Gasteiger partial charge in [0, 0.05) is 11.8 Å². The molecule has 1 aromatic rings. The van der Waals surface area contributed by atoms with Gasteiger partial charge in [0.1, 0.15) is 12.3 Å². The second-order valence-corrected chi connectivity index (χ2v) is 5.24. The van der Waals surface area contributed by atoms with E-state index in [-0.39, 0.29) is 17.0 Å². The Morgan fingerprint density at radius 2 is 2.44 bits per heavy atom. The van der Waals surface area contributed by atoms with Crippen molar-refractivity contribution >= 4 is 23.6 Å². The summed E-state index contributed by atoms with van der Waals surface area (Å²) in [7, 11) is 0. The van der Waals surface area contributed by atoms with Crippen LogP contribution in [0.25, 0.3) is 0 Å². The lowest BCUT2D eigenvalue weighted by atomic mass is 10.2. The average molecular weight is 270 g/mol. The van der Waals surface area contributed by atoms with E-state index in [4.69, 9.17) is 5.11 Å². The van der Waals surface area contributed by atoms with Gasteiger partial charge in [-0.1, -0.05) is 18.5 Å². The average Bonchev–Trinajstić information content (AvgIpc) is 2.97. The molecular weight excluding hydrogens is 256 g/mol. The summed E-state index contributed by atoms with van der Waals surface area (Å²) in [4.78, 5) is 24.8. The Balaban J connectivity index is 2.23. The van der Waals surface area contributed by atoms with Gasteiger partial charge in [-0.2, -0.15) is 0 Å². The summed E-state index contributed by atoms with van der Waals surface area (Å²) in [6.07, 6.45) is 2.98. The Morgan fingerprint density at radius 3 is 3.00 bits per heavy atom. The molecule has 2 unspecified atom stereocenters. The van der Waals surface area contributed by atoms with E-state index in [0.29, 0.717) is 5.75 Å². The summed E-state index contributed by atoms with van der Waals surface area (Å²) < 4.78 is 4.63. The number of hydrogen-bond acceptors (Lipinski definition) is 5. The Hall–Kier alpha value is -1.50. The maximum Gasteiger partial charge on any atom is 0.327 e. The normalized spacial score (nSPS) is 23.3. The molecule has 2 rings (SSSR count). The third-order valence-corrected chi connectivity index (χ3v) is 4.16. The fourth-order valence-electron chi connectivity index (χ4n) is 1.95. The molecule has 1 saturated heterocycles. The summed E-state index contributed by atoms with van der Waals surface area (Å²) in [5.74, 6) is -0.929. The van der Waals surface area contributed by atoms with Crippen LogP contribution in [0.1, 0.15) is 30.3 Å². The number of carbonyl (C=O) groups is 2.